The number of carbonyl (C=O) groups excluding carboxylic acids is 3. The largest absolute Gasteiger partial charge is 0.374 e. The predicted octanol–water partition coefficient (Wildman–Crippen LogP) is 0.835. The molecule has 1 aromatic rings. The summed E-state index contributed by atoms with van der Waals surface area (Å²) in [5.74, 6) is -0.631. The average Bonchev–Trinajstić information content (AvgIpc) is 3.30. The Kier molecular flexibility index (Phi) is 4.98. The minimum atomic E-state index is -0.607. The van der Waals surface area contributed by atoms with E-state index in [1.54, 1.807) is 38.2 Å². The fraction of sp³-hybridized carbons (Fsp3) is 0.400. The van der Waals surface area contributed by atoms with Crippen LogP contribution in [0.2, 0.25) is 0 Å². The number of urea groups is 1. The summed E-state index contributed by atoms with van der Waals surface area (Å²) in [5.41, 5.74) is 1.12. The molecule has 1 atom stereocenters. The van der Waals surface area contributed by atoms with Crippen LogP contribution in [0.5, 0.6) is 0 Å². The van der Waals surface area contributed by atoms with E-state index in [1.807, 2.05) is 0 Å². The lowest BCUT2D eigenvalue weighted by Crippen LogP contribution is -2.46. The van der Waals surface area contributed by atoms with E-state index in [0.29, 0.717) is 11.3 Å². The number of benzene rings is 1. The summed E-state index contributed by atoms with van der Waals surface area (Å²) in [7, 11) is 1.55. The van der Waals surface area contributed by atoms with Crippen molar-refractivity contribution in [3.8, 4) is 0 Å². The summed E-state index contributed by atoms with van der Waals surface area (Å²) in [6.45, 7) is 1.65. The molecule has 118 valence electrons. The molecule has 7 heteroatoms. The third-order valence-electron chi connectivity index (χ3n) is 3.28. The highest BCUT2D eigenvalue weighted by atomic mass is 16.2. The van der Waals surface area contributed by atoms with Crippen molar-refractivity contribution in [2.24, 2.45) is 0 Å². The van der Waals surface area contributed by atoms with Crippen molar-refractivity contribution in [1.29, 1.82) is 0 Å². The summed E-state index contributed by atoms with van der Waals surface area (Å²) in [6, 6.07) is 5.91. The predicted molar refractivity (Wildman–Crippen MR) is 82.6 cm³/mol. The number of hydrogen-bond acceptors (Lipinski definition) is 4. The minimum absolute atomic E-state index is 0.195. The van der Waals surface area contributed by atoms with Gasteiger partial charge in [0.25, 0.3) is 5.91 Å². The van der Waals surface area contributed by atoms with Crippen molar-refractivity contribution in [2.75, 3.05) is 12.4 Å². The van der Waals surface area contributed by atoms with Gasteiger partial charge in [0.1, 0.15) is 6.04 Å². The first-order valence-corrected chi connectivity index (χ1v) is 7.19. The van der Waals surface area contributed by atoms with Crippen molar-refractivity contribution in [2.45, 2.75) is 31.8 Å². The molecule has 4 amide bonds. The fourth-order valence-electron chi connectivity index (χ4n) is 1.88. The van der Waals surface area contributed by atoms with Gasteiger partial charge < -0.3 is 16.0 Å². The molecule has 7 nitrogen and oxygen atoms in total. The number of rotatable bonds is 5. The highest BCUT2D eigenvalue weighted by molar-refractivity contribution is 5.98. The topological polar surface area (TPSA) is 99.3 Å². The molecular weight excluding hydrogens is 284 g/mol. The molecule has 1 unspecified atom stereocenters. The molecule has 0 aromatic heterocycles. The zero-order valence-corrected chi connectivity index (χ0v) is 12.6. The summed E-state index contributed by atoms with van der Waals surface area (Å²) in [5, 5.41) is 10.5. The molecule has 4 N–H and O–H groups in total. The zero-order valence-electron chi connectivity index (χ0n) is 12.6. The SMILES string of the molecule is CNC(=O)c1cccc(NC(C)C(=O)NC(=O)NC2CC2)c1. The van der Waals surface area contributed by atoms with Crippen LogP contribution >= 0.6 is 0 Å². The molecule has 2 rings (SSSR count). The van der Waals surface area contributed by atoms with Crippen LogP contribution in [-0.2, 0) is 4.79 Å². The Labute approximate surface area is 128 Å². The van der Waals surface area contributed by atoms with Crippen LogP contribution in [0.4, 0.5) is 10.5 Å². The second-order valence-corrected chi connectivity index (χ2v) is 5.26. The number of carbonyl (C=O) groups is 3. The number of amides is 4. The standard InChI is InChI=1S/C15H20N4O3/c1-9(13(20)19-15(22)18-11-6-7-11)17-12-5-3-4-10(8-12)14(21)16-2/h3-5,8-9,11,17H,6-7H2,1-2H3,(H,16,21)(H2,18,19,20,22). The summed E-state index contributed by atoms with van der Waals surface area (Å²) < 4.78 is 0. The molecule has 22 heavy (non-hydrogen) atoms. The first-order valence-electron chi connectivity index (χ1n) is 7.19. The smallest absolute Gasteiger partial charge is 0.321 e. The third kappa shape index (κ3) is 4.47. The Hall–Kier alpha value is -2.57. The Bertz CT molecular complexity index is 584. The van der Waals surface area contributed by atoms with Crippen LogP contribution in [0.25, 0.3) is 0 Å². The van der Waals surface area contributed by atoms with Crippen LogP contribution in [0.15, 0.2) is 24.3 Å². The number of hydrogen-bond donors (Lipinski definition) is 4. The van der Waals surface area contributed by atoms with Gasteiger partial charge in [0, 0.05) is 24.3 Å². The second kappa shape index (κ2) is 6.93. The molecule has 1 aliphatic rings. The summed E-state index contributed by atoms with van der Waals surface area (Å²) in [4.78, 5) is 35.0. The van der Waals surface area contributed by atoms with E-state index in [-0.39, 0.29) is 11.9 Å². The molecule has 0 spiro atoms. The van der Waals surface area contributed by atoms with Crippen molar-refractivity contribution in [3.63, 3.8) is 0 Å². The van der Waals surface area contributed by atoms with Gasteiger partial charge in [-0.1, -0.05) is 6.07 Å². The molecule has 0 aliphatic heterocycles. The van der Waals surface area contributed by atoms with E-state index < -0.39 is 18.0 Å². The van der Waals surface area contributed by atoms with Crippen LogP contribution in [0, 0.1) is 0 Å². The van der Waals surface area contributed by atoms with E-state index in [0.717, 1.165) is 12.8 Å². The molecule has 0 heterocycles. The van der Waals surface area contributed by atoms with Gasteiger partial charge in [-0.25, -0.2) is 4.79 Å². The maximum absolute atomic E-state index is 11.9. The molecule has 0 radical (unpaired) electrons. The Morgan fingerprint density at radius 3 is 2.59 bits per heavy atom. The van der Waals surface area contributed by atoms with E-state index in [1.165, 1.54) is 0 Å². The first kappa shape index (κ1) is 15.8. The van der Waals surface area contributed by atoms with Crippen LogP contribution in [0.1, 0.15) is 30.1 Å². The van der Waals surface area contributed by atoms with Crippen LogP contribution in [-0.4, -0.2) is 37.0 Å². The van der Waals surface area contributed by atoms with Gasteiger partial charge in [0.05, 0.1) is 0 Å². The average molecular weight is 304 g/mol. The van der Waals surface area contributed by atoms with E-state index in [9.17, 15) is 14.4 Å². The Balaban J connectivity index is 1.89. The van der Waals surface area contributed by atoms with Gasteiger partial charge in [-0.15, -0.1) is 0 Å². The second-order valence-electron chi connectivity index (χ2n) is 5.26. The van der Waals surface area contributed by atoms with Crippen molar-refractivity contribution in [3.05, 3.63) is 29.8 Å². The van der Waals surface area contributed by atoms with Gasteiger partial charge in [-0.05, 0) is 38.0 Å². The van der Waals surface area contributed by atoms with E-state index in [4.69, 9.17) is 0 Å². The lowest BCUT2D eigenvalue weighted by Gasteiger charge is -2.15. The normalized spacial score (nSPS) is 14.6. The van der Waals surface area contributed by atoms with Gasteiger partial charge >= 0.3 is 6.03 Å². The van der Waals surface area contributed by atoms with E-state index >= 15 is 0 Å². The Morgan fingerprint density at radius 2 is 1.95 bits per heavy atom. The number of imide groups is 1. The van der Waals surface area contributed by atoms with Crippen LogP contribution < -0.4 is 21.3 Å². The van der Waals surface area contributed by atoms with Crippen molar-refractivity contribution >= 4 is 23.5 Å². The summed E-state index contributed by atoms with van der Waals surface area (Å²) in [6.07, 6.45) is 1.92. The molecule has 0 bridgehead atoms. The monoisotopic (exact) mass is 304 g/mol. The van der Waals surface area contributed by atoms with Gasteiger partial charge in [0.2, 0.25) is 5.91 Å². The highest BCUT2D eigenvalue weighted by Crippen LogP contribution is 2.18. The molecule has 1 aromatic carbocycles. The molecule has 1 fully saturated rings. The quantitative estimate of drug-likeness (QED) is 0.647. The number of nitrogens with one attached hydrogen (secondary N) is 4. The molecule has 0 saturated heterocycles. The lowest BCUT2D eigenvalue weighted by molar-refractivity contribution is -0.120. The van der Waals surface area contributed by atoms with Gasteiger partial charge in [0.15, 0.2) is 0 Å². The molecule has 1 aliphatic carbocycles. The third-order valence-corrected chi connectivity index (χ3v) is 3.28. The lowest BCUT2D eigenvalue weighted by atomic mass is 10.1. The van der Waals surface area contributed by atoms with E-state index in [2.05, 4.69) is 21.3 Å². The summed E-state index contributed by atoms with van der Waals surface area (Å²) >= 11 is 0. The minimum Gasteiger partial charge on any atom is -0.374 e. The zero-order chi connectivity index (χ0) is 16.1. The number of anilines is 1. The van der Waals surface area contributed by atoms with Crippen molar-refractivity contribution < 1.29 is 14.4 Å². The van der Waals surface area contributed by atoms with Gasteiger partial charge in [-0.2, -0.15) is 0 Å². The maximum atomic E-state index is 11.9. The van der Waals surface area contributed by atoms with Crippen LogP contribution in [0.3, 0.4) is 0 Å². The fourth-order valence-corrected chi connectivity index (χ4v) is 1.88. The first-order chi connectivity index (χ1) is 10.5. The molecule has 1 saturated carbocycles. The maximum Gasteiger partial charge on any atom is 0.321 e. The molecular formula is C15H20N4O3. The van der Waals surface area contributed by atoms with Gasteiger partial charge in [-0.3, -0.25) is 14.9 Å². The van der Waals surface area contributed by atoms with Crippen molar-refractivity contribution in [1.82, 2.24) is 16.0 Å². The highest BCUT2D eigenvalue weighted by Gasteiger charge is 2.24. The Morgan fingerprint density at radius 1 is 1.23 bits per heavy atom.